The number of hydrogen-bond acceptors (Lipinski definition) is 1. The molecule has 50 valence electrons. The van der Waals surface area contributed by atoms with Gasteiger partial charge in [0.05, 0.1) is 0 Å². The van der Waals surface area contributed by atoms with Crippen molar-refractivity contribution in [2.75, 3.05) is 6.54 Å². The van der Waals surface area contributed by atoms with E-state index in [9.17, 15) is 0 Å². The molecule has 0 aromatic rings. The van der Waals surface area contributed by atoms with Crippen LogP contribution in [0.5, 0.6) is 0 Å². The summed E-state index contributed by atoms with van der Waals surface area (Å²) in [6.07, 6.45) is 7.52. The van der Waals surface area contributed by atoms with Gasteiger partial charge in [0.1, 0.15) is 0 Å². The van der Waals surface area contributed by atoms with Gasteiger partial charge in [0.15, 0.2) is 0 Å². The lowest BCUT2D eigenvalue weighted by atomic mass is 10.0. The quantitative estimate of drug-likeness (QED) is 0.591. The molecule has 1 rings (SSSR count). The average Bonchev–Trinajstić information content (AvgIpc) is 2.18. The molecule has 0 amide bonds. The van der Waals surface area contributed by atoms with Crippen LogP contribution < -0.4 is 5.73 Å². The number of rotatable bonds is 2. The van der Waals surface area contributed by atoms with Gasteiger partial charge in [0.25, 0.3) is 0 Å². The number of allylic oxidation sites excluding steroid dienone is 3. The molecular formula is C8H13N. The van der Waals surface area contributed by atoms with E-state index in [1.54, 1.807) is 0 Å². The summed E-state index contributed by atoms with van der Waals surface area (Å²) in [7, 11) is 0. The van der Waals surface area contributed by atoms with Crippen molar-refractivity contribution in [3.05, 3.63) is 23.8 Å². The van der Waals surface area contributed by atoms with Crippen LogP contribution in [0.4, 0.5) is 0 Å². The molecular weight excluding hydrogens is 110 g/mol. The van der Waals surface area contributed by atoms with E-state index in [0.29, 0.717) is 5.92 Å². The zero-order valence-electron chi connectivity index (χ0n) is 5.80. The van der Waals surface area contributed by atoms with Crippen LogP contribution >= 0.6 is 0 Å². The SMILES string of the molecule is CC1C=CC=C1CCN. The normalized spacial score (nSPS) is 24.7. The Hall–Kier alpha value is -0.560. The van der Waals surface area contributed by atoms with Crippen LogP contribution in [0.15, 0.2) is 23.8 Å². The standard InChI is InChI=1S/C8H13N/c1-7-3-2-4-8(7)5-6-9/h2-4,7H,5-6,9H2,1H3. The van der Waals surface area contributed by atoms with Crippen LogP contribution in [-0.4, -0.2) is 6.54 Å². The second-order valence-electron chi connectivity index (χ2n) is 2.45. The minimum atomic E-state index is 0.633. The van der Waals surface area contributed by atoms with E-state index in [0.717, 1.165) is 13.0 Å². The van der Waals surface area contributed by atoms with Crippen LogP contribution in [0.1, 0.15) is 13.3 Å². The van der Waals surface area contributed by atoms with Crippen LogP contribution in [-0.2, 0) is 0 Å². The van der Waals surface area contributed by atoms with Gasteiger partial charge in [0.2, 0.25) is 0 Å². The highest BCUT2D eigenvalue weighted by atomic mass is 14.5. The predicted molar refractivity (Wildman–Crippen MR) is 40.1 cm³/mol. The van der Waals surface area contributed by atoms with Crippen molar-refractivity contribution in [1.29, 1.82) is 0 Å². The van der Waals surface area contributed by atoms with Gasteiger partial charge in [-0.2, -0.15) is 0 Å². The third-order valence-corrected chi connectivity index (χ3v) is 1.73. The smallest absolute Gasteiger partial charge is 0.00396 e. The van der Waals surface area contributed by atoms with Crippen molar-refractivity contribution in [2.45, 2.75) is 13.3 Å². The van der Waals surface area contributed by atoms with Gasteiger partial charge in [-0.15, -0.1) is 0 Å². The highest BCUT2D eigenvalue weighted by molar-refractivity contribution is 5.26. The summed E-state index contributed by atoms with van der Waals surface area (Å²) in [5, 5.41) is 0. The fourth-order valence-electron chi connectivity index (χ4n) is 1.10. The molecule has 1 unspecified atom stereocenters. The van der Waals surface area contributed by atoms with Crippen molar-refractivity contribution < 1.29 is 0 Å². The summed E-state index contributed by atoms with van der Waals surface area (Å²) in [6, 6.07) is 0. The topological polar surface area (TPSA) is 26.0 Å². The highest BCUT2D eigenvalue weighted by Gasteiger charge is 2.06. The molecule has 0 aromatic heterocycles. The van der Waals surface area contributed by atoms with E-state index < -0.39 is 0 Å². The maximum absolute atomic E-state index is 5.40. The highest BCUT2D eigenvalue weighted by Crippen LogP contribution is 2.20. The Bertz CT molecular complexity index is 145. The minimum absolute atomic E-state index is 0.633. The molecule has 0 fully saturated rings. The molecule has 1 nitrogen and oxygen atoms in total. The van der Waals surface area contributed by atoms with E-state index in [1.807, 2.05) is 0 Å². The maximum atomic E-state index is 5.40. The van der Waals surface area contributed by atoms with Crippen LogP contribution in [0.25, 0.3) is 0 Å². The molecule has 0 heterocycles. The Morgan fingerprint density at radius 1 is 1.67 bits per heavy atom. The van der Waals surface area contributed by atoms with Crippen molar-refractivity contribution in [3.63, 3.8) is 0 Å². The summed E-state index contributed by atoms with van der Waals surface area (Å²) < 4.78 is 0. The Morgan fingerprint density at radius 2 is 2.44 bits per heavy atom. The molecule has 0 saturated carbocycles. The molecule has 0 aromatic carbocycles. The van der Waals surface area contributed by atoms with Gasteiger partial charge in [-0.25, -0.2) is 0 Å². The predicted octanol–water partition coefficient (Wildman–Crippen LogP) is 1.47. The van der Waals surface area contributed by atoms with Gasteiger partial charge >= 0.3 is 0 Å². The van der Waals surface area contributed by atoms with Gasteiger partial charge in [-0.1, -0.05) is 30.7 Å². The molecule has 1 heteroatoms. The molecule has 1 aliphatic rings. The molecule has 1 aliphatic carbocycles. The van der Waals surface area contributed by atoms with Crippen molar-refractivity contribution in [3.8, 4) is 0 Å². The van der Waals surface area contributed by atoms with E-state index in [2.05, 4.69) is 25.2 Å². The summed E-state index contributed by atoms with van der Waals surface area (Å²) in [5.74, 6) is 0.633. The van der Waals surface area contributed by atoms with E-state index in [4.69, 9.17) is 5.73 Å². The molecule has 0 aliphatic heterocycles. The molecule has 0 bridgehead atoms. The lowest BCUT2D eigenvalue weighted by Gasteiger charge is -2.04. The second kappa shape index (κ2) is 2.83. The average molecular weight is 123 g/mol. The van der Waals surface area contributed by atoms with Crippen molar-refractivity contribution in [1.82, 2.24) is 0 Å². The summed E-state index contributed by atoms with van der Waals surface area (Å²) in [5.41, 5.74) is 6.87. The van der Waals surface area contributed by atoms with E-state index in [1.165, 1.54) is 5.57 Å². The van der Waals surface area contributed by atoms with Crippen molar-refractivity contribution >= 4 is 0 Å². The monoisotopic (exact) mass is 123 g/mol. The number of nitrogens with two attached hydrogens (primary N) is 1. The van der Waals surface area contributed by atoms with Gasteiger partial charge in [0, 0.05) is 0 Å². The number of hydrogen-bond donors (Lipinski definition) is 1. The maximum Gasteiger partial charge on any atom is -0.00396 e. The Kier molecular flexibility index (Phi) is 2.06. The molecule has 2 N–H and O–H groups in total. The molecule has 0 saturated heterocycles. The first-order valence-corrected chi connectivity index (χ1v) is 3.42. The Balaban J connectivity index is 2.44. The Labute approximate surface area is 56.2 Å². The second-order valence-corrected chi connectivity index (χ2v) is 2.45. The van der Waals surface area contributed by atoms with Crippen LogP contribution in [0, 0.1) is 5.92 Å². The minimum Gasteiger partial charge on any atom is -0.330 e. The van der Waals surface area contributed by atoms with E-state index >= 15 is 0 Å². The molecule has 0 radical (unpaired) electrons. The van der Waals surface area contributed by atoms with Gasteiger partial charge in [-0.05, 0) is 18.9 Å². The first-order chi connectivity index (χ1) is 4.34. The molecule has 1 atom stereocenters. The zero-order chi connectivity index (χ0) is 6.69. The summed E-state index contributed by atoms with van der Waals surface area (Å²) in [6.45, 7) is 2.98. The molecule has 0 spiro atoms. The first-order valence-electron chi connectivity index (χ1n) is 3.42. The van der Waals surface area contributed by atoms with E-state index in [-0.39, 0.29) is 0 Å². The third kappa shape index (κ3) is 1.42. The first kappa shape index (κ1) is 6.56. The lowest BCUT2D eigenvalue weighted by molar-refractivity contribution is 0.794. The van der Waals surface area contributed by atoms with Crippen molar-refractivity contribution in [2.24, 2.45) is 11.7 Å². The third-order valence-electron chi connectivity index (χ3n) is 1.73. The fourth-order valence-corrected chi connectivity index (χ4v) is 1.10. The summed E-state index contributed by atoms with van der Waals surface area (Å²) >= 11 is 0. The van der Waals surface area contributed by atoms with Gasteiger partial charge in [-0.3, -0.25) is 0 Å². The Morgan fingerprint density at radius 3 is 2.89 bits per heavy atom. The zero-order valence-corrected chi connectivity index (χ0v) is 5.80. The van der Waals surface area contributed by atoms with Gasteiger partial charge < -0.3 is 5.73 Å². The fraction of sp³-hybridized carbons (Fsp3) is 0.500. The molecule has 9 heavy (non-hydrogen) atoms. The van der Waals surface area contributed by atoms with Crippen LogP contribution in [0.2, 0.25) is 0 Å². The lowest BCUT2D eigenvalue weighted by Crippen LogP contribution is -2.02. The van der Waals surface area contributed by atoms with Crippen LogP contribution in [0.3, 0.4) is 0 Å². The largest absolute Gasteiger partial charge is 0.330 e. The summed E-state index contributed by atoms with van der Waals surface area (Å²) in [4.78, 5) is 0.